The van der Waals surface area contributed by atoms with E-state index in [0.29, 0.717) is 0 Å². The van der Waals surface area contributed by atoms with E-state index in [4.69, 9.17) is 9.47 Å². The fraction of sp³-hybridized carbons (Fsp3) is 0.182. The average Bonchev–Trinajstić information content (AvgIpc) is 2.91. The van der Waals surface area contributed by atoms with Crippen LogP contribution in [0, 0.1) is 0 Å². The fourth-order valence-electron chi connectivity index (χ4n) is 2.97. The van der Waals surface area contributed by atoms with Gasteiger partial charge in [0.2, 0.25) is 0 Å². The molecule has 2 aromatic carbocycles. The normalized spacial score (nSPS) is 13.6. The second-order valence-electron chi connectivity index (χ2n) is 5.77. The van der Waals surface area contributed by atoms with Gasteiger partial charge in [0.05, 0.1) is 24.5 Å². The summed E-state index contributed by atoms with van der Waals surface area (Å²) in [6.07, 6.45) is 6.80. The third kappa shape index (κ3) is 3.77. The number of rotatable bonds is 5. The van der Waals surface area contributed by atoms with Crippen molar-refractivity contribution in [3.8, 4) is 0 Å². The Labute approximate surface area is 158 Å². The first-order valence-electron chi connectivity index (χ1n) is 8.87. The Morgan fingerprint density at radius 3 is 2.37 bits per heavy atom. The minimum Gasteiger partial charge on any atom is -0.462 e. The molecule has 0 bridgehead atoms. The summed E-state index contributed by atoms with van der Waals surface area (Å²) in [4.78, 5) is 27.0. The zero-order chi connectivity index (χ0) is 19.2. The van der Waals surface area contributed by atoms with Crippen molar-refractivity contribution in [2.45, 2.75) is 13.8 Å². The highest BCUT2D eigenvalue weighted by atomic mass is 16.5. The zero-order valence-electron chi connectivity index (χ0n) is 15.3. The van der Waals surface area contributed by atoms with E-state index < -0.39 is 11.9 Å². The van der Waals surface area contributed by atoms with Crippen molar-refractivity contribution in [2.75, 3.05) is 18.1 Å². The summed E-state index contributed by atoms with van der Waals surface area (Å²) in [6.45, 7) is 3.87. The maximum absolute atomic E-state index is 12.8. The summed E-state index contributed by atoms with van der Waals surface area (Å²) in [7, 11) is 0. The van der Waals surface area contributed by atoms with E-state index >= 15 is 0 Å². The number of esters is 2. The van der Waals surface area contributed by atoms with Gasteiger partial charge < -0.3 is 14.4 Å². The van der Waals surface area contributed by atoms with Gasteiger partial charge in [-0.2, -0.15) is 0 Å². The number of hydrogen-bond donors (Lipinski definition) is 0. The number of hydrogen-bond acceptors (Lipinski definition) is 5. The first-order valence-corrected chi connectivity index (χ1v) is 8.87. The van der Waals surface area contributed by atoms with Gasteiger partial charge in [0.1, 0.15) is 5.70 Å². The molecule has 0 saturated carbocycles. The highest BCUT2D eigenvalue weighted by Gasteiger charge is 2.28. The molecule has 0 N–H and O–H groups in total. The topological polar surface area (TPSA) is 55.8 Å². The van der Waals surface area contributed by atoms with E-state index in [2.05, 4.69) is 0 Å². The van der Waals surface area contributed by atoms with Crippen LogP contribution in [0.3, 0.4) is 0 Å². The highest BCUT2D eigenvalue weighted by molar-refractivity contribution is 6.07. The van der Waals surface area contributed by atoms with Gasteiger partial charge in [0.15, 0.2) is 0 Å². The Morgan fingerprint density at radius 1 is 0.889 bits per heavy atom. The van der Waals surface area contributed by atoms with Gasteiger partial charge >= 0.3 is 11.9 Å². The third-order valence-corrected chi connectivity index (χ3v) is 4.10. The molecular formula is C22H21NO4. The van der Waals surface area contributed by atoms with E-state index in [9.17, 15) is 9.59 Å². The summed E-state index contributed by atoms with van der Waals surface area (Å²) in [5.74, 6) is -1.14. The lowest BCUT2D eigenvalue weighted by atomic mass is 10.1. The van der Waals surface area contributed by atoms with Gasteiger partial charge in [-0.1, -0.05) is 42.5 Å². The van der Waals surface area contributed by atoms with Crippen LogP contribution in [0.2, 0.25) is 0 Å². The monoisotopic (exact) mass is 363 g/mol. The molecule has 0 fully saturated rings. The van der Waals surface area contributed by atoms with Crippen LogP contribution < -0.4 is 4.90 Å². The van der Waals surface area contributed by atoms with Crippen LogP contribution in [0.15, 0.2) is 78.2 Å². The minimum atomic E-state index is -0.579. The molecule has 2 aromatic rings. The Bertz CT molecular complexity index is 950. The van der Waals surface area contributed by atoms with Crippen LogP contribution in [0.4, 0.5) is 5.69 Å². The number of ether oxygens (including phenoxy) is 2. The highest BCUT2D eigenvalue weighted by Crippen LogP contribution is 2.32. The maximum atomic E-state index is 12.8. The van der Waals surface area contributed by atoms with Gasteiger partial charge in [-0.05, 0) is 37.5 Å². The first kappa shape index (κ1) is 18.5. The second-order valence-corrected chi connectivity index (χ2v) is 5.77. The second kappa shape index (κ2) is 8.36. The largest absolute Gasteiger partial charge is 0.462 e. The van der Waals surface area contributed by atoms with Crippen molar-refractivity contribution >= 4 is 28.4 Å². The molecule has 0 aromatic heterocycles. The van der Waals surface area contributed by atoms with Crippen LogP contribution in [0.1, 0.15) is 13.8 Å². The van der Waals surface area contributed by atoms with Crippen molar-refractivity contribution in [3.05, 3.63) is 78.2 Å². The summed E-state index contributed by atoms with van der Waals surface area (Å²) in [5.41, 5.74) is 1.07. The van der Waals surface area contributed by atoms with E-state index in [1.165, 1.54) is 0 Å². The van der Waals surface area contributed by atoms with Crippen LogP contribution in [-0.4, -0.2) is 25.2 Å². The van der Waals surface area contributed by atoms with Crippen molar-refractivity contribution in [1.29, 1.82) is 0 Å². The minimum absolute atomic E-state index is 0.136. The molecule has 5 nitrogen and oxygen atoms in total. The molecule has 0 saturated heterocycles. The van der Waals surface area contributed by atoms with Crippen LogP contribution in [0.25, 0.3) is 10.8 Å². The molecule has 3 rings (SSSR count). The number of benzene rings is 2. The average molecular weight is 363 g/mol. The number of nitrogens with zero attached hydrogens (tertiary/aromatic N) is 1. The molecular weight excluding hydrogens is 342 g/mol. The smallest absolute Gasteiger partial charge is 0.356 e. The molecule has 1 heterocycles. The summed E-state index contributed by atoms with van der Waals surface area (Å²) in [6, 6.07) is 13.7. The van der Waals surface area contributed by atoms with Gasteiger partial charge in [-0.3, -0.25) is 0 Å². The lowest BCUT2D eigenvalue weighted by molar-refractivity contribution is -0.141. The van der Waals surface area contributed by atoms with E-state index in [-0.39, 0.29) is 24.5 Å². The molecule has 0 spiro atoms. The number of carbonyl (C=O) groups is 2. The van der Waals surface area contributed by atoms with Crippen LogP contribution in [0.5, 0.6) is 0 Å². The molecule has 27 heavy (non-hydrogen) atoms. The lowest BCUT2D eigenvalue weighted by Crippen LogP contribution is -2.28. The Kier molecular flexibility index (Phi) is 5.71. The summed E-state index contributed by atoms with van der Waals surface area (Å²) >= 11 is 0. The molecule has 138 valence electrons. The Hall–Kier alpha value is -3.34. The van der Waals surface area contributed by atoms with Gasteiger partial charge in [-0.15, -0.1) is 0 Å². The first-order chi connectivity index (χ1) is 13.2. The predicted octanol–water partition coefficient (Wildman–Crippen LogP) is 4.11. The maximum Gasteiger partial charge on any atom is 0.356 e. The molecule has 0 aliphatic carbocycles. The van der Waals surface area contributed by atoms with E-state index in [1.807, 2.05) is 42.5 Å². The third-order valence-electron chi connectivity index (χ3n) is 4.10. The van der Waals surface area contributed by atoms with Crippen LogP contribution in [-0.2, 0) is 19.1 Å². The van der Waals surface area contributed by atoms with Crippen molar-refractivity contribution < 1.29 is 19.1 Å². The fourth-order valence-corrected chi connectivity index (χ4v) is 2.97. The summed E-state index contributed by atoms with van der Waals surface area (Å²) in [5, 5.41) is 1.98. The van der Waals surface area contributed by atoms with Crippen molar-refractivity contribution in [2.24, 2.45) is 0 Å². The van der Waals surface area contributed by atoms with E-state index in [1.54, 1.807) is 43.2 Å². The molecule has 0 radical (unpaired) electrons. The lowest BCUT2D eigenvalue weighted by Gasteiger charge is -2.25. The Balaban J connectivity index is 2.23. The van der Waals surface area contributed by atoms with Crippen molar-refractivity contribution in [1.82, 2.24) is 0 Å². The van der Waals surface area contributed by atoms with E-state index in [0.717, 1.165) is 16.5 Å². The molecule has 1 aliphatic heterocycles. The SMILES string of the molecule is CCOC(=O)C1=C(C(=O)OCC)N(c2cccc3ccccc23)C=CC=C1. The Morgan fingerprint density at radius 2 is 1.59 bits per heavy atom. The standard InChI is InChI=1S/C22H21NO4/c1-3-26-21(24)18-13-7-8-15-23(20(18)22(25)27-4-2)19-14-9-11-16-10-5-6-12-17(16)19/h5-15H,3-4H2,1-2H3. The number of anilines is 1. The quantitative estimate of drug-likeness (QED) is 0.748. The van der Waals surface area contributed by atoms with Gasteiger partial charge in [-0.25, -0.2) is 9.59 Å². The molecule has 0 amide bonds. The zero-order valence-corrected chi connectivity index (χ0v) is 15.3. The summed E-state index contributed by atoms with van der Waals surface area (Å²) < 4.78 is 10.4. The molecule has 1 aliphatic rings. The van der Waals surface area contributed by atoms with Gasteiger partial charge in [0.25, 0.3) is 0 Å². The molecule has 0 atom stereocenters. The number of fused-ring (bicyclic) bond motifs is 1. The number of allylic oxidation sites excluding steroid dienone is 2. The molecule has 0 unspecified atom stereocenters. The number of carbonyl (C=O) groups excluding carboxylic acids is 2. The van der Waals surface area contributed by atoms with Gasteiger partial charge in [0, 0.05) is 11.6 Å². The molecule has 5 heteroatoms. The van der Waals surface area contributed by atoms with Crippen LogP contribution >= 0.6 is 0 Å². The van der Waals surface area contributed by atoms with Crippen molar-refractivity contribution in [3.63, 3.8) is 0 Å². The predicted molar refractivity (Wildman–Crippen MR) is 105 cm³/mol.